The van der Waals surface area contributed by atoms with Gasteiger partial charge in [-0.15, -0.1) is 0 Å². The summed E-state index contributed by atoms with van der Waals surface area (Å²) >= 11 is 9.01. The third kappa shape index (κ3) is 2.79. The molecule has 16 heavy (non-hydrogen) atoms. The molecule has 0 radical (unpaired) electrons. The van der Waals surface area contributed by atoms with Crippen LogP contribution >= 0.6 is 54.5 Å². The van der Waals surface area contributed by atoms with Gasteiger partial charge in [0.2, 0.25) is 0 Å². The molecule has 1 amide bonds. The Balaban J connectivity index is 2.17. The molecule has 0 saturated heterocycles. The fourth-order valence-corrected chi connectivity index (χ4v) is 3.07. The van der Waals surface area contributed by atoms with E-state index in [0.29, 0.717) is 0 Å². The zero-order valence-electron chi connectivity index (χ0n) is 8.40. The van der Waals surface area contributed by atoms with E-state index in [1.807, 2.05) is 18.2 Å². The molecule has 0 aliphatic heterocycles. The molecule has 0 spiro atoms. The Labute approximate surface area is 125 Å². The first-order valence-electron chi connectivity index (χ1n) is 4.90. The second kappa shape index (κ2) is 4.94. The molecule has 0 aromatic heterocycles. The lowest BCUT2D eigenvalue weighted by atomic mass is 10.2. The molecule has 86 valence electrons. The molecule has 0 bridgehead atoms. The smallest absolute Gasteiger partial charge is 0.252 e. The van der Waals surface area contributed by atoms with Crippen LogP contribution in [0.3, 0.4) is 0 Å². The molecule has 0 heterocycles. The van der Waals surface area contributed by atoms with Crippen LogP contribution in [0.2, 0.25) is 0 Å². The molecule has 0 unspecified atom stereocenters. The van der Waals surface area contributed by atoms with E-state index in [9.17, 15) is 4.79 Å². The SMILES string of the molecule is O=C(NC1(CBr)CC1)c1cc(Br)ccc1I. The van der Waals surface area contributed by atoms with E-state index in [1.165, 1.54) is 0 Å². The topological polar surface area (TPSA) is 29.1 Å². The van der Waals surface area contributed by atoms with E-state index in [1.54, 1.807) is 0 Å². The zero-order chi connectivity index (χ0) is 11.8. The molecular formula is C11H10Br2INO. The number of alkyl halides is 1. The molecule has 1 aliphatic carbocycles. The predicted molar refractivity (Wildman–Crippen MR) is 80.1 cm³/mol. The molecule has 1 fully saturated rings. The van der Waals surface area contributed by atoms with Crippen molar-refractivity contribution in [2.45, 2.75) is 18.4 Å². The molecule has 5 heteroatoms. The Kier molecular flexibility index (Phi) is 3.96. The number of rotatable bonds is 3. The van der Waals surface area contributed by atoms with E-state index >= 15 is 0 Å². The van der Waals surface area contributed by atoms with Crippen LogP contribution in [-0.2, 0) is 0 Å². The first-order valence-corrected chi connectivity index (χ1v) is 7.89. The highest BCUT2D eigenvalue weighted by Gasteiger charge is 2.43. The number of amides is 1. The van der Waals surface area contributed by atoms with Crippen molar-refractivity contribution in [3.63, 3.8) is 0 Å². The van der Waals surface area contributed by atoms with Gasteiger partial charge in [-0.1, -0.05) is 31.9 Å². The molecule has 1 aromatic carbocycles. The van der Waals surface area contributed by atoms with Crippen molar-refractivity contribution >= 4 is 60.4 Å². The lowest BCUT2D eigenvalue weighted by Gasteiger charge is -2.15. The summed E-state index contributed by atoms with van der Waals surface area (Å²) in [6.45, 7) is 0. The summed E-state index contributed by atoms with van der Waals surface area (Å²) in [5.41, 5.74) is 0.741. The quantitative estimate of drug-likeness (QED) is 0.543. The molecule has 1 aromatic rings. The maximum Gasteiger partial charge on any atom is 0.252 e. The average molecular weight is 459 g/mol. The van der Waals surface area contributed by atoms with Gasteiger partial charge in [0.25, 0.3) is 5.91 Å². The van der Waals surface area contributed by atoms with Crippen molar-refractivity contribution in [1.29, 1.82) is 0 Å². The molecular weight excluding hydrogens is 449 g/mol. The van der Waals surface area contributed by atoms with Crippen LogP contribution in [0.15, 0.2) is 22.7 Å². The minimum atomic E-state index is 0.00246. The highest BCUT2D eigenvalue weighted by molar-refractivity contribution is 14.1. The summed E-state index contributed by atoms with van der Waals surface area (Å²) in [6.07, 6.45) is 2.13. The normalized spacial score (nSPS) is 16.9. The Hall–Kier alpha value is 0.380. The maximum atomic E-state index is 12.1. The third-order valence-corrected chi connectivity index (χ3v) is 5.17. The third-order valence-electron chi connectivity index (χ3n) is 2.66. The number of carbonyl (C=O) groups is 1. The van der Waals surface area contributed by atoms with Crippen molar-refractivity contribution in [1.82, 2.24) is 5.32 Å². The summed E-state index contributed by atoms with van der Waals surface area (Å²) < 4.78 is 1.91. The number of halogens is 3. The van der Waals surface area contributed by atoms with Crippen LogP contribution < -0.4 is 5.32 Å². The highest BCUT2D eigenvalue weighted by atomic mass is 127. The van der Waals surface area contributed by atoms with E-state index in [2.05, 4.69) is 59.8 Å². The van der Waals surface area contributed by atoms with Gasteiger partial charge in [0.05, 0.1) is 11.1 Å². The molecule has 0 atom stereocenters. The van der Waals surface area contributed by atoms with E-state index in [-0.39, 0.29) is 11.4 Å². The lowest BCUT2D eigenvalue weighted by molar-refractivity contribution is 0.0935. The fourth-order valence-electron chi connectivity index (χ4n) is 1.42. The van der Waals surface area contributed by atoms with Crippen LogP contribution in [-0.4, -0.2) is 16.8 Å². The second-order valence-corrected chi connectivity index (χ2v) is 6.63. The lowest BCUT2D eigenvalue weighted by Crippen LogP contribution is -2.38. The monoisotopic (exact) mass is 457 g/mol. The van der Waals surface area contributed by atoms with Crippen molar-refractivity contribution in [3.8, 4) is 0 Å². The summed E-state index contributed by atoms with van der Waals surface area (Å²) in [6, 6.07) is 5.74. The van der Waals surface area contributed by atoms with Crippen LogP contribution in [0, 0.1) is 3.57 Å². The number of nitrogens with one attached hydrogen (secondary N) is 1. The molecule has 1 saturated carbocycles. The predicted octanol–water partition coefficient (Wildman–Crippen LogP) is 3.71. The van der Waals surface area contributed by atoms with Gasteiger partial charge in [-0.25, -0.2) is 0 Å². The number of benzene rings is 1. The Bertz CT molecular complexity index is 432. The first kappa shape index (κ1) is 12.8. The fraction of sp³-hybridized carbons (Fsp3) is 0.364. The van der Waals surface area contributed by atoms with Gasteiger partial charge < -0.3 is 5.32 Å². The summed E-state index contributed by atoms with van der Waals surface area (Å²) in [4.78, 5) is 12.1. The number of carbonyl (C=O) groups excluding carboxylic acids is 1. The summed E-state index contributed by atoms with van der Waals surface area (Å²) in [5.74, 6) is 0.0163. The van der Waals surface area contributed by atoms with Crippen LogP contribution in [0.25, 0.3) is 0 Å². The zero-order valence-corrected chi connectivity index (χ0v) is 13.7. The van der Waals surface area contributed by atoms with Crippen molar-refractivity contribution in [2.75, 3.05) is 5.33 Å². The van der Waals surface area contributed by atoms with Gasteiger partial charge >= 0.3 is 0 Å². The minimum Gasteiger partial charge on any atom is -0.346 e. The van der Waals surface area contributed by atoms with Crippen molar-refractivity contribution in [3.05, 3.63) is 31.8 Å². The van der Waals surface area contributed by atoms with Gasteiger partial charge in [-0.05, 0) is 53.6 Å². The molecule has 2 nitrogen and oxygen atoms in total. The molecule has 2 rings (SSSR count). The number of hydrogen-bond acceptors (Lipinski definition) is 1. The van der Waals surface area contributed by atoms with Gasteiger partial charge in [-0.3, -0.25) is 4.79 Å². The van der Waals surface area contributed by atoms with Crippen molar-refractivity contribution < 1.29 is 4.79 Å². The van der Waals surface area contributed by atoms with Crippen LogP contribution in [0.1, 0.15) is 23.2 Å². The highest BCUT2D eigenvalue weighted by Crippen LogP contribution is 2.37. The Morgan fingerprint density at radius 2 is 2.19 bits per heavy atom. The van der Waals surface area contributed by atoms with Gasteiger partial charge in [0, 0.05) is 13.4 Å². The van der Waals surface area contributed by atoms with E-state index < -0.39 is 0 Å². The van der Waals surface area contributed by atoms with Crippen molar-refractivity contribution in [2.24, 2.45) is 0 Å². The first-order chi connectivity index (χ1) is 7.56. The summed E-state index contributed by atoms with van der Waals surface area (Å²) in [5, 5.41) is 3.92. The Morgan fingerprint density at radius 1 is 1.50 bits per heavy atom. The summed E-state index contributed by atoms with van der Waals surface area (Å²) in [7, 11) is 0. The van der Waals surface area contributed by atoms with Crippen LogP contribution in [0.4, 0.5) is 0 Å². The second-order valence-electron chi connectivity index (χ2n) is 3.99. The van der Waals surface area contributed by atoms with Gasteiger partial charge in [0.15, 0.2) is 0 Å². The minimum absolute atomic E-state index is 0.00246. The average Bonchev–Trinajstić information content (AvgIpc) is 3.02. The van der Waals surface area contributed by atoms with Gasteiger partial charge in [0.1, 0.15) is 0 Å². The van der Waals surface area contributed by atoms with E-state index in [0.717, 1.165) is 31.8 Å². The standard InChI is InChI=1S/C11H10Br2INO/c12-6-11(3-4-11)15-10(16)8-5-7(13)1-2-9(8)14/h1-2,5H,3-4,6H2,(H,15,16). The maximum absolute atomic E-state index is 12.1. The largest absolute Gasteiger partial charge is 0.346 e. The molecule has 1 aliphatic rings. The Morgan fingerprint density at radius 3 is 2.75 bits per heavy atom. The van der Waals surface area contributed by atoms with Gasteiger partial charge in [-0.2, -0.15) is 0 Å². The van der Waals surface area contributed by atoms with Crippen LogP contribution in [0.5, 0.6) is 0 Å². The van der Waals surface area contributed by atoms with E-state index in [4.69, 9.17) is 0 Å². The molecule has 1 N–H and O–H groups in total. The number of hydrogen-bond donors (Lipinski definition) is 1.